The number of carbonyl (C=O) groups is 2. The average Bonchev–Trinajstić information content (AvgIpc) is 2.85. The van der Waals surface area contributed by atoms with Crippen molar-refractivity contribution in [1.82, 2.24) is 19.5 Å². The quantitative estimate of drug-likeness (QED) is 0.788. The molecule has 3 saturated heterocycles. The predicted octanol–water partition coefficient (Wildman–Crippen LogP) is 1.10. The van der Waals surface area contributed by atoms with Crippen molar-refractivity contribution in [2.24, 2.45) is 5.92 Å². The molecule has 8 nitrogen and oxygen atoms in total. The molecule has 3 aliphatic heterocycles. The molecule has 5 rings (SSSR count). The lowest BCUT2D eigenvalue weighted by molar-refractivity contribution is -0.140. The van der Waals surface area contributed by atoms with Gasteiger partial charge in [-0.3, -0.25) is 14.4 Å². The highest BCUT2D eigenvalue weighted by molar-refractivity contribution is 5.83. The summed E-state index contributed by atoms with van der Waals surface area (Å²) in [4.78, 5) is 41.4. The number of hydrogen-bond acceptors (Lipinski definition) is 5. The first-order valence-electron chi connectivity index (χ1n) is 9.59. The van der Waals surface area contributed by atoms with Gasteiger partial charge >= 0.3 is 0 Å². The minimum absolute atomic E-state index is 0.00281. The second kappa shape index (κ2) is 7.26. The maximum absolute atomic E-state index is 13.0. The van der Waals surface area contributed by atoms with Crippen molar-refractivity contribution in [2.45, 2.75) is 45.8 Å². The summed E-state index contributed by atoms with van der Waals surface area (Å²) in [6, 6.07) is 4.79. The van der Waals surface area contributed by atoms with Gasteiger partial charge in [0.1, 0.15) is 12.3 Å². The van der Waals surface area contributed by atoms with Crippen LogP contribution in [0.2, 0.25) is 0 Å². The highest BCUT2D eigenvalue weighted by Crippen LogP contribution is 2.31. The van der Waals surface area contributed by atoms with Crippen molar-refractivity contribution in [3.8, 4) is 0 Å². The van der Waals surface area contributed by atoms with Gasteiger partial charge in [-0.15, -0.1) is 0 Å². The molecule has 0 aromatic carbocycles. The monoisotopic (exact) mass is 384 g/mol. The number of aryl methyl sites for hydroxylation is 2. The van der Waals surface area contributed by atoms with Gasteiger partial charge in [0.2, 0.25) is 11.8 Å². The normalized spacial score (nSPS) is 21.9. The summed E-state index contributed by atoms with van der Waals surface area (Å²) >= 11 is 0. The van der Waals surface area contributed by atoms with E-state index in [1.807, 2.05) is 18.7 Å². The van der Waals surface area contributed by atoms with Gasteiger partial charge in [-0.05, 0) is 32.8 Å². The Morgan fingerprint density at radius 2 is 2.04 bits per heavy atom. The molecule has 0 aliphatic carbocycles. The van der Waals surface area contributed by atoms with Crippen LogP contribution in [-0.4, -0.2) is 50.5 Å². The van der Waals surface area contributed by atoms with E-state index in [0.29, 0.717) is 19.6 Å². The zero-order chi connectivity index (χ0) is 19.8. The molecule has 3 aliphatic rings. The molecule has 2 atom stereocenters. The first-order chi connectivity index (χ1) is 13.4. The Labute approximate surface area is 162 Å². The highest BCUT2D eigenvalue weighted by Gasteiger charge is 2.42. The van der Waals surface area contributed by atoms with Crippen LogP contribution >= 0.6 is 0 Å². The molecule has 2 amide bonds. The van der Waals surface area contributed by atoms with E-state index in [2.05, 4.69) is 5.16 Å². The summed E-state index contributed by atoms with van der Waals surface area (Å²) in [7, 11) is 0. The number of hydrogen-bond donors (Lipinski definition) is 0. The van der Waals surface area contributed by atoms with Crippen molar-refractivity contribution in [3.63, 3.8) is 0 Å². The lowest BCUT2D eigenvalue weighted by atomic mass is 9.93. The molecule has 0 unspecified atom stereocenters. The van der Waals surface area contributed by atoms with Crippen molar-refractivity contribution >= 4 is 11.8 Å². The molecule has 0 N–H and O–H groups in total. The Bertz CT molecular complexity index is 944. The Morgan fingerprint density at radius 1 is 1.21 bits per heavy atom. The number of nitrogens with zero attached hydrogens (tertiary/aromatic N) is 4. The fourth-order valence-corrected chi connectivity index (χ4v) is 4.19. The fourth-order valence-electron chi connectivity index (χ4n) is 4.19. The van der Waals surface area contributed by atoms with E-state index < -0.39 is 0 Å². The molecule has 2 aromatic heterocycles. The molecular formula is C20H24N4O4. The van der Waals surface area contributed by atoms with Gasteiger partial charge in [0.15, 0.2) is 0 Å². The lowest BCUT2D eigenvalue weighted by Gasteiger charge is -2.35. The van der Waals surface area contributed by atoms with E-state index in [0.717, 1.165) is 29.9 Å². The van der Waals surface area contributed by atoms with Crippen LogP contribution < -0.4 is 5.56 Å². The van der Waals surface area contributed by atoms with E-state index in [1.54, 1.807) is 23.2 Å². The first kappa shape index (κ1) is 18.5. The molecule has 148 valence electrons. The largest absolute Gasteiger partial charge is 0.361 e. The minimum Gasteiger partial charge on any atom is -0.361 e. The third-order valence-electron chi connectivity index (χ3n) is 5.86. The standard InChI is InChI=1S/C20H24N4O4/c1-13-17(14(2)28-21-13)11-24-16-7-6-15(20(24)27)9-23(10-16)19(26)12-22-8-4-3-5-18(22)25/h3-5,8,15-16H,6-7,9-12H2,1-2H3/t15-,16+/m0/s1. The number of rotatable bonds is 4. The highest BCUT2D eigenvalue weighted by atomic mass is 16.5. The van der Waals surface area contributed by atoms with Crippen molar-refractivity contribution in [2.75, 3.05) is 13.1 Å². The maximum atomic E-state index is 13.0. The van der Waals surface area contributed by atoms with Gasteiger partial charge in [0.05, 0.1) is 18.2 Å². The molecule has 8 heteroatoms. The molecule has 0 radical (unpaired) electrons. The molecule has 2 bridgehead atoms. The predicted molar refractivity (Wildman–Crippen MR) is 100 cm³/mol. The number of amides is 2. The summed E-state index contributed by atoms with van der Waals surface area (Å²) in [6.07, 6.45) is 3.27. The molecule has 3 fully saturated rings. The maximum Gasteiger partial charge on any atom is 0.250 e. The van der Waals surface area contributed by atoms with Gasteiger partial charge in [-0.1, -0.05) is 11.2 Å². The molecule has 0 spiro atoms. The summed E-state index contributed by atoms with van der Waals surface area (Å²) in [5.41, 5.74) is 1.53. The van der Waals surface area contributed by atoms with Crippen LogP contribution in [-0.2, 0) is 22.7 Å². The second-order valence-electron chi connectivity index (χ2n) is 7.66. The van der Waals surface area contributed by atoms with Gasteiger partial charge in [0.25, 0.3) is 5.56 Å². The van der Waals surface area contributed by atoms with Gasteiger partial charge in [-0.25, -0.2) is 0 Å². The molecule has 28 heavy (non-hydrogen) atoms. The van der Waals surface area contributed by atoms with E-state index in [9.17, 15) is 14.4 Å². The molecule has 0 saturated carbocycles. The third-order valence-corrected chi connectivity index (χ3v) is 5.86. The van der Waals surface area contributed by atoms with Crippen molar-refractivity contribution in [3.05, 3.63) is 51.8 Å². The van der Waals surface area contributed by atoms with Crippen molar-refractivity contribution < 1.29 is 14.1 Å². The van der Waals surface area contributed by atoms with Crippen LogP contribution in [0.4, 0.5) is 0 Å². The van der Waals surface area contributed by atoms with Crippen LogP contribution in [0, 0.1) is 19.8 Å². The number of carbonyl (C=O) groups excluding carboxylic acids is 2. The van der Waals surface area contributed by atoms with E-state index in [-0.39, 0.29) is 35.9 Å². The zero-order valence-electron chi connectivity index (χ0n) is 16.1. The lowest BCUT2D eigenvalue weighted by Crippen LogP contribution is -2.47. The molecular weight excluding hydrogens is 360 g/mol. The van der Waals surface area contributed by atoms with Gasteiger partial charge in [-0.2, -0.15) is 0 Å². The zero-order valence-corrected chi connectivity index (χ0v) is 16.1. The Kier molecular flexibility index (Phi) is 4.78. The summed E-state index contributed by atoms with van der Waals surface area (Å²) < 4.78 is 6.64. The topological polar surface area (TPSA) is 88.7 Å². The van der Waals surface area contributed by atoms with Gasteiger partial charge < -0.3 is 18.9 Å². The van der Waals surface area contributed by atoms with E-state index in [1.165, 1.54) is 10.6 Å². The van der Waals surface area contributed by atoms with Gasteiger partial charge in [0, 0.05) is 37.0 Å². The Balaban J connectivity index is 1.52. The summed E-state index contributed by atoms with van der Waals surface area (Å²) in [6.45, 7) is 5.08. The second-order valence-corrected chi connectivity index (χ2v) is 7.66. The van der Waals surface area contributed by atoms with Crippen LogP contribution in [0.5, 0.6) is 0 Å². The number of pyridine rings is 1. The third kappa shape index (κ3) is 3.34. The fraction of sp³-hybridized carbons (Fsp3) is 0.500. The molecule has 5 heterocycles. The van der Waals surface area contributed by atoms with E-state index >= 15 is 0 Å². The minimum atomic E-state index is -0.204. The smallest absolute Gasteiger partial charge is 0.250 e. The van der Waals surface area contributed by atoms with Crippen LogP contribution in [0.1, 0.15) is 29.9 Å². The number of aromatic nitrogens is 2. The SMILES string of the molecule is Cc1noc(C)c1CN1C(=O)[C@H]2CC[C@@H]1CN(C(=O)Cn1ccccc1=O)C2. The summed E-state index contributed by atoms with van der Waals surface area (Å²) in [5, 5.41) is 3.98. The number of piperidine rings is 1. The molecule has 2 aromatic rings. The van der Waals surface area contributed by atoms with E-state index in [4.69, 9.17) is 4.52 Å². The van der Waals surface area contributed by atoms with Crippen LogP contribution in [0.3, 0.4) is 0 Å². The number of fused-ring (bicyclic) bond motifs is 4. The average molecular weight is 384 g/mol. The first-order valence-corrected chi connectivity index (χ1v) is 9.59. The summed E-state index contributed by atoms with van der Waals surface area (Å²) in [5.74, 6) is 0.484. The Morgan fingerprint density at radius 3 is 2.75 bits per heavy atom. The van der Waals surface area contributed by atoms with Crippen LogP contribution in [0.15, 0.2) is 33.7 Å². The van der Waals surface area contributed by atoms with Crippen molar-refractivity contribution in [1.29, 1.82) is 0 Å². The Hall–Kier alpha value is -2.90. The van der Waals surface area contributed by atoms with Crippen LogP contribution in [0.25, 0.3) is 0 Å².